The van der Waals surface area contributed by atoms with E-state index in [9.17, 15) is 0 Å². The van der Waals surface area contributed by atoms with Crippen LogP contribution in [0, 0.1) is 12.3 Å². The zero-order valence-electron chi connectivity index (χ0n) is 11.8. The zero-order valence-corrected chi connectivity index (χ0v) is 12.5. The molecule has 1 aliphatic heterocycles. The van der Waals surface area contributed by atoms with E-state index < -0.39 is 0 Å². The molecule has 1 aliphatic rings. The molecule has 19 heavy (non-hydrogen) atoms. The van der Waals surface area contributed by atoms with E-state index >= 15 is 0 Å². The molecule has 0 saturated carbocycles. The lowest BCUT2D eigenvalue weighted by atomic mass is 10.1. The molecule has 0 bridgehead atoms. The van der Waals surface area contributed by atoms with Crippen molar-refractivity contribution < 1.29 is 4.74 Å². The van der Waals surface area contributed by atoms with Crippen molar-refractivity contribution in [3.63, 3.8) is 0 Å². The maximum Gasteiger partial charge on any atom is 0.137 e. The molecule has 2 heterocycles. The molecule has 1 atom stereocenters. The number of anilines is 1. The van der Waals surface area contributed by atoms with Gasteiger partial charge in [0.05, 0.1) is 5.02 Å². The van der Waals surface area contributed by atoms with E-state index in [4.69, 9.17) is 21.7 Å². The Morgan fingerprint density at radius 3 is 2.79 bits per heavy atom. The number of hydrogen-bond acceptors (Lipinski definition) is 4. The molecular formula is C14H22ClN3O. The Balaban J connectivity index is 0.000000861. The fourth-order valence-corrected chi connectivity index (χ4v) is 2.04. The molecule has 1 saturated heterocycles. The van der Waals surface area contributed by atoms with Gasteiger partial charge in [0.2, 0.25) is 0 Å². The Labute approximate surface area is 120 Å². The van der Waals surface area contributed by atoms with Crippen molar-refractivity contribution in [2.24, 2.45) is 0 Å². The molecule has 106 valence electrons. The van der Waals surface area contributed by atoms with Crippen molar-refractivity contribution in [3.8, 4) is 0 Å². The summed E-state index contributed by atoms with van der Waals surface area (Å²) in [6, 6.07) is 0. The molecule has 2 N–H and O–H groups in total. The van der Waals surface area contributed by atoms with E-state index in [0.717, 1.165) is 37.0 Å². The molecule has 1 aromatic heterocycles. The normalized spacial score (nSPS) is 18.2. The van der Waals surface area contributed by atoms with Gasteiger partial charge in [0, 0.05) is 24.6 Å². The Bertz CT molecular complexity index is 417. The van der Waals surface area contributed by atoms with Crippen LogP contribution in [0.15, 0.2) is 6.20 Å². The number of halogens is 1. The average Bonchev–Trinajstić information content (AvgIpc) is 2.47. The van der Waals surface area contributed by atoms with Gasteiger partial charge >= 0.3 is 0 Å². The van der Waals surface area contributed by atoms with E-state index in [2.05, 4.69) is 10.3 Å². The van der Waals surface area contributed by atoms with Crippen molar-refractivity contribution in [2.75, 3.05) is 11.9 Å². The summed E-state index contributed by atoms with van der Waals surface area (Å²) >= 11 is 5.98. The largest absolute Gasteiger partial charge is 0.359 e. The number of aromatic nitrogens is 1. The van der Waals surface area contributed by atoms with Crippen molar-refractivity contribution >= 4 is 23.6 Å². The SMILES string of the molecule is CC.Cc1c(Cl)cnc(NC2CCCCO2)c1C=N. The molecular weight excluding hydrogens is 262 g/mol. The van der Waals surface area contributed by atoms with Gasteiger partial charge in [-0.15, -0.1) is 0 Å². The minimum atomic E-state index is -0.00414. The Kier molecular flexibility index (Phi) is 6.81. The van der Waals surface area contributed by atoms with E-state index in [1.807, 2.05) is 20.8 Å². The van der Waals surface area contributed by atoms with E-state index in [1.54, 1.807) is 6.20 Å². The number of rotatable bonds is 3. The van der Waals surface area contributed by atoms with E-state index in [0.29, 0.717) is 10.8 Å². The first-order valence-electron chi connectivity index (χ1n) is 6.76. The van der Waals surface area contributed by atoms with Crippen LogP contribution in [0.25, 0.3) is 0 Å². The second-order valence-electron chi connectivity index (χ2n) is 4.14. The molecule has 1 unspecified atom stereocenters. The third-order valence-electron chi connectivity index (χ3n) is 2.95. The quantitative estimate of drug-likeness (QED) is 0.824. The summed E-state index contributed by atoms with van der Waals surface area (Å²) in [5.41, 5.74) is 1.60. The highest BCUT2D eigenvalue weighted by Crippen LogP contribution is 2.24. The predicted molar refractivity (Wildman–Crippen MR) is 80.4 cm³/mol. The first-order valence-corrected chi connectivity index (χ1v) is 7.14. The van der Waals surface area contributed by atoms with Gasteiger partial charge in [0.25, 0.3) is 0 Å². The van der Waals surface area contributed by atoms with Gasteiger partial charge < -0.3 is 15.5 Å². The lowest BCUT2D eigenvalue weighted by molar-refractivity contribution is 0.0341. The van der Waals surface area contributed by atoms with Gasteiger partial charge in [-0.3, -0.25) is 0 Å². The summed E-state index contributed by atoms with van der Waals surface area (Å²) in [5, 5.41) is 11.2. The van der Waals surface area contributed by atoms with Crippen LogP contribution < -0.4 is 5.32 Å². The Hall–Kier alpha value is -1.13. The summed E-state index contributed by atoms with van der Waals surface area (Å²) in [4.78, 5) is 4.23. The molecule has 0 amide bonds. The molecule has 0 spiro atoms. The van der Waals surface area contributed by atoms with Crippen molar-refractivity contribution in [1.29, 1.82) is 5.41 Å². The van der Waals surface area contributed by atoms with Crippen molar-refractivity contribution in [3.05, 3.63) is 22.3 Å². The smallest absolute Gasteiger partial charge is 0.137 e. The number of ether oxygens (including phenoxy) is 1. The van der Waals surface area contributed by atoms with Crippen LogP contribution in [0.3, 0.4) is 0 Å². The van der Waals surface area contributed by atoms with E-state index in [-0.39, 0.29) is 6.23 Å². The van der Waals surface area contributed by atoms with Crippen LogP contribution in [-0.2, 0) is 4.74 Å². The van der Waals surface area contributed by atoms with Crippen LogP contribution in [0.5, 0.6) is 0 Å². The highest BCUT2D eigenvalue weighted by atomic mass is 35.5. The fraction of sp³-hybridized carbons (Fsp3) is 0.571. The molecule has 1 aromatic rings. The minimum Gasteiger partial charge on any atom is -0.359 e. The van der Waals surface area contributed by atoms with Gasteiger partial charge in [-0.1, -0.05) is 25.4 Å². The third kappa shape index (κ3) is 4.18. The topological polar surface area (TPSA) is 58.0 Å². The van der Waals surface area contributed by atoms with Gasteiger partial charge in [0.1, 0.15) is 12.0 Å². The molecule has 5 heteroatoms. The lowest BCUT2D eigenvalue weighted by Crippen LogP contribution is -2.28. The summed E-state index contributed by atoms with van der Waals surface area (Å²) in [6.07, 6.45) is 6.12. The highest BCUT2D eigenvalue weighted by Gasteiger charge is 2.16. The standard InChI is InChI=1S/C12H16ClN3O.C2H6/c1-8-9(6-14)12(15-7-10(8)13)16-11-4-2-3-5-17-11;1-2/h6-7,11,14H,2-5H2,1H3,(H,15,16);1-2H3. The molecule has 0 aromatic carbocycles. The monoisotopic (exact) mass is 283 g/mol. The Morgan fingerprint density at radius 1 is 1.47 bits per heavy atom. The van der Waals surface area contributed by atoms with Crippen molar-refractivity contribution in [1.82, 2.24) is 4.98 Å². The molecule has 2 rings (SSSR count). The van der Waals surface area contributed by atoms with E-state index in [1.165, 1.54) is 6.21 Å². The minimum absolute atomic E-state index is 0.00414. The highest BCUT2D eigenvalue weighted by molar-refractivity contribution is 6.31. The predicted octanol–water partition coefficient (Wildman–Crippen LogP) is 4.01. The lowest BCUT2D eigenvalue weighted by Gasteiger charge is -2.25. The van der Waals surface area contributed by atoms with Gasteiger partial charge in [0.15, 0.2) is 0 Å². The summed E-state index contributed by atoms with van der Waals surface area (Å²) in [7, 11) is 0. The van der Waals surface area contributed by atoms with Crippen LogP contribution in [0.4, 0.5) is 5.82 Å². The fourth-order valence-electron chi connectivity index (χ4n) is 1.89. The first kappa shape index (κ1) is 15.9. The summed E-state index contributed by atoms with van der Waals surface area (Å²) in [6.45, 7) is 6.67. The molecule has 4 nitrogen and oxygen atoms in total. The number of nitrogens with zero attached hydrogens (tertiary/aromatic N) is 1. The maximum absolute atomic E-state index is 7.43. The average molecular weight is 284 g/mol. The van der Waals surface area contributed by atoms with Gasteiger partial charge in [-0.2, -0.15) is 0 Å². The van der Waals surface area contributed by atoms with Gasteiger partial charge in [-0.25, -0.2) is 4.98 Å². The number of pyridine rings is 1. The first-order chi connectivity index (χ1) is 9.22. The zero-order chi connectivity index (χ0) is 14.3. The van der Waals surface area contributed by atoms with Crippen LogP contribution in [-0.4, -0.2) is 24.0 Å². The number of hydrogen-bond donors (Lipinski definition) is 2. The Morgan fingerprint density at radius 2 is 2.21 bits per heavy atom. The molecule has 0 aliphatic carbocycles. The maximum atomic E-state index is 7.43. The summed E-state index contributed by atoms with van der Waals surface area (Å²) < 4.78 is 5.59. The number of nitrogens with one attached hydrogen (secondary N) is 2. The van der Waals surface area contributed by atoms with Crippen LogP contribution in [0.1, 0.15) is 44.2 Å². The second kappa shape index (κ2) is 8.12. The van der Waals surface area contributed by atoms with Crippen LogP contribution in [0.2, 0.25) is 5.02 Å². The molecule has 0 radical (unpaired) electrons. The molecule has 1 fully saturated rings. The van der Waals surface area contributed by atoms with Gasteiger partial charge in [-0.05, 0) is 31.7 Å². The third-order valence-corrected chi connectivity index (χ3v) is 3.33. The second-order valence-corrected chi connectivity index (χ2v) is 4.54. The van der Waals surface area contributed by atoms with Crippen LogP contribution >= 0.6 is 11.6 Å². The van der Waals surface area contributed by atoms with Crippen molar-refractivity contribution in [2.45, 2.75) is 46.3 Å². The summed E-state index contributed by atoms with van der Waals surface area (Å²) in [5.74, 6) is 0.675.